The predicted molar refractivity (Wildman–Crippen MR) is 102 cm³/mol. The van der Waals surface area contributed by atoms with E-state index in [4.69, 9.17) is 11.6 Å². The summed E-state index contributed by atoms with van der Waals surface area (Å²) in [5.74, 6) is 0.00674. The van der Waals surface area contributed by atoms with Gasteiger partial charge in [-0.3, -0.25) is 4.79 Å². The SMILES string of the molecule is O=C(NC1C[C@H]2CCC[C@@H](C1)[NH+]2Cc1cccs1)c1cccc(Cl)c1. The second-order valence-corrected chi connectivity index (χ2v) is 8.78. The molecule has 2 bridgehead atoms. The summed E-state index contributed by atoms with van der Waals surface area (Å²) < 4.78 is 0. The van der Waals surface area contributed by atoms with E-state index in [-0.39, 0.29) is 11.9 Å². The quantitative estimate of drug-likeness (QED) is 0.844. The Labute approximate surface area is 158 Å². The fourth-order valence-corrected chi connectivity index (χ4v) is 5.49. The van der Waals surface area contributed by atoms with Crippen molar-refractivity contribution in [2.45, 2.75) is 56.8 Å². The highest BCUT2D eigenvalue weighted by Gasteiger charge is 2.42. The number of rotatable bonds is 4. The standard InChI is InChI=1S/C20H23ClN2OS/c21-15-5-1-4-14(10-15)20(24)22-16-11-17-6-2-7-18(12-16)23(17)13-19-8-3-9-25-19/h1,3-5,8-10,16-18H,2,6-7,11-13H2,(H,22,24)/p+1/t16?,17-,18+. The van der Waals surface area contributed by atoms with Crippen LogP contribution in [0.2, 0.25) is 5.02 Å². The molecule has 0 aliphatic carbocycles. The molecule has 25 heavy (non-hydrogen) atoms. The van der Waals surface area contributed by atoms with Crippen LogP contribution in [0.5, 0.6) is 0 Å². The average Bonchev–Trinajstić information content (AvgIpc) is 3.08. The third kappa shape index (κ3) is 3.91. The normalized spacial score (nSPS) is 28.5. The molecule has 2 aliphatic heterocycles. The van der Waals surface area contributed by atoms with Crippen molar-refractivity contribution in [2.75, 3.05) is 0 Å². The van der Waals surface area contributed by atoms with Gasteiger partial charge in [0.25, 0.3) is 5.91 Å². The number of carbonyl (C=O) groups excluding carboxylic acids is 1. The molecule has 2 aliphatic rings. The molecule has 2 saturated heterocycles. The van der Waals surface area contributed by atoms with Crippen molar-refractivity contribution in [2.24, 2.45) is 0 Å². The van der Waals surface area contributed by atoms with Crippen molar-refractivity contribution in [1.82, 2.24) is 5.32 Å². The molecule has 2 aromatic rings. The lowest BCUT2D eigenvalue weighted by Crippen LogP contribution is -3.20. The van der Waals surface area contributed by atoms with Gasteiger partial charge >= 0.3 is 0 Å². The van der Waals surface area contributed by atoms with Gasteiger partial charge in [-0.2, -0.15) is 0 Å². The van der Waals surface area contributed by atoms with Gasteiger partial charge in [-0.05, 0) is 48.9 Å². The number of carbonyl (C=O) groups is 1. The zero-order valence-corrected chi connectivity index (χ0v) is 15.8. The number of amides is 1. The maximum absolute atomic E-state index is 12.5. The van der Waals surface area contributed by atoms with Crippen LogP contribution in [0, 0.1) is 0 Å². The van der Waals surface area contributed by atoms with Gasteiger partial charge in [-0.25, -0.2) is 0 Å². The Morgan fingerprint density at radius 2 is 2.00 bits per heavy atom. The van der Waals surface area contributed by atoms with Crippen LogP contribution in [0.15, 0.2) is 41.8 Å². The minimum atomic E-state index is 0.00674. The monoisotopic (exact) mass is 375 g/mol. The molecule has 4 rings (SSSR count). The Morgan fingerprint density at radius 1 is 1.20 bits per heavy atom. The molecule has 3 nitrogen and oxygen atoms in total. The summed E-state index contributed by atoms with van der Waals surface area (Å²) >= 11 is 7.88. The van der Waals surface area contributed by atoms with Crippen molar-refractivity contribution in [3.05, 3.63) is 57.2 Å². The first-order valence-corrected chi connectivity index (χ1v) is 10.4. The zero-order chi connectivity index (χ0) is 17.2. The number of thiophene rings is 1. The number of hydrogen-bond acceptors (Lipinski definition) is 2. The molecule has 2 fully saturated rings. The maximum Gasteiger partial charge on any atom is 0.251 e. The number of nitrogens with one attached hydrogen (secondary N) is 2. The van der Waals surface area contributed by atoms with E-state index in [0.717, 1.165) is 19.4 Å². The molecule has 1 amide bonds. The summed E-state index contributed by atoms with van der Waals surface area (Å²) in [5, 5.41) is 6.04. The van der Waals surface area contributed by atoms with Crippen molar-refractivity contribution in [3.8, 4) is 0 Å². The Morgan fingerprint density at radius 3 is 2.68 bits per heavy atom. The van der Waals surface area contributed by atoms with E-state index < -0.39 is 0 Å². The van der Waals surface area contributed by atoms with E-state index in [2.05, 4.69) is 22.8 Å². The number of piperidine rings is 2. The van der Waals surface area contributed by atoms with Crippen LogP contribution in [0.1, 0.15) is 47.3 Å². The molecule has 3 heterocycles. The predicted octanol–water partition coefficient (Wildman–Crippen LogP) is 3.30. The second kappa shape index (κ2) is 7.48. The van der Waals surface area contributed by atoms with Gasteiger partial charge in [0.1, 0.15) is 6.54 Å². The molecule has 0 saturated carbocycles. The second-order valence-electron chi connectivity index (χ2n) is 7.31. The van der Waals surface area contributed by atoms with E-state index in [9.17, 15) is 4.79 Å². The number of quaternary nitrogens is 1. The molecular weight excluding hydrogens is 352 g/mol. The summed E-state index contributed by atoms with van der Waals surface area (Å²) in [6.07, 6.45) is 6.06. The highest BCUT2D eigenvalue weighted by molar-refractivity contribution is 7.09. The molecule has 5 heteroatoms. The molecule has 1 aromatic heterocycles. The minimum absolute atomic E-state index is 0.00674. The molecule has 4 atom stereocenters. The molecule has 1 aromatic carbocycles. The fourth-order valence-electron chi connectivity index (χ4n) is 4.56. The molecule has 132 valence electrons. The van der Waals surface area contributed by atoms with Crippen LogP contribution in [0.4, 0.5) is 0 Å². The topological polar surface area (TPSA) is 33.5 Å². The number of hydrogen-bond donors (Lipinski definition) is 2. The van der Waals surface area contributed by atoms with Crippen LogP contribution in [-0.4, -0.2) is 24.0 Å². The minimum Gasteiger partial charge on any atom is -0.349 e. The lowest BCUT2D eigenvalue weighted by molar-refractivity contribution is -0.973. The summed E-state index contributed by atoms with van der Waals surface area (Å²) in [7, 11) is 0. The Hall–Kier alpha value is -1.36. The van der Waals surface area contributed by atoms with Crippen LogP contribution in [0.3, 0.4) is 0 Å². The summed E-state index contributed by atoms with van der Waals surface area (Å²) in [6, 6.07) is 13.2. The molecule has 2 N–H and O–H groups in total. The van der Waals surface area contributed by atoms with Gasteiger partial charge in [0, 0.05) is 29.5 Å². The Kier molecular flexibility index (Phi) is 5.11. The van der Waals surface area contributed by atoms with Crippen molar-refractivity contribution in [1.29, 1.82) is 0 Å². The van der Waals surface area contributed by atoms with Crippen LogP contribution in [-0.2, 0) is 6.54 Å². The van der Waals surface area contributed by atoms with E-state index in [0.29, 0.717) is 22.7 Å². The zero-order valence-electron chi connectivity index (χ0n) is 14.2. The number of halogens is 1. The highest BCUT2D eigenvalue weighted by atomic mass is 35.5. The first-order chi connectivity index (χ1) is 12.2. The van der Waals surface area contributed by atoms with Crippen LogP contribution < -0.4 is 10.2 Å². The molecular formula is C20H24ClN2OS+. The van der Waals surface area contributed by atoms with E-state index in [1.54, 1.807) is 17.0 Å². The summed E-state index contributed by atoms with van der Waals surface area (Å²) in [5.41, 5.74) is 0.658. The third-order valence-electron chi connectivity index (χ3n) is 5.67. The fraction of sp³-hybridized carbons (Fsp3) is 0.450. The Balaban J connectivity index is 1.42. The first kappa shape index (κ1) is 17.1. The number of fused-ring (bicyclic) bond motifs is 2. The van der Waals surface area contributed by atoms with Crippen molar-refractivity contribution in [3.63, 3.8) is 0 Å². The van der Waals surface area contributed by atoms with Crippen molar-refractivity contribution < 1.29 is 9.69 Å². The van der Waals surface area contributed by atoms with E-state index >= 15 is 0 Å². The number of benzene rings is 1. The summed E-state index contributed by atoms with van der Waals surface area (Å²) in [4.78, 5) is 15.8. The van der Waals surface area contributed by atoms with Gasteiger partial charge in [-0.15, -0.1) is 11.3 Å². The van der Waals surface area contributed by atoms with Gasteiger partial charge < -0.3 is 10.2 Å². The third-order valence-corrected chi connectivity index (χ3v) is 6.78. The van der Waals surface area contributed by atoms with Gasteiger partial charge in [0.15, 0.2) is 0 Å². The van der Waals surface area contributed by atoms with Gasteiger partial charge in [0.2, 0.25) is 0 Å². The summed E-state index contributed by atoms with van der Waals surface area (Å²) in [6.45, 7) is 1.14. The van der Waals surface area contributed by atoms with Crippen LogP contribution >= 0.6 is 22.9 Å². The van der Waals surface area contributed by atoms with Crippen molar-refractivity contribution >= 4 is 28.8 Å². The van der Waals surface area contributed by atoms with Gasteiger partial charge in [0.05, 0.1) is 17.0 Å². The first-order valence-electron chi connectivity index (χ1n) is 9.13. The van der Waals surface area contributed by atoms with E-state index in [1.165, 1.54) is 24.1 Å². The largest absolute Gasteiger partial charge is 0.349 e. The lowest BCUT2D eigenvalue weighted by Gasteiger charge is -2.45. The van der Waals surface area contributed by atoms with E-state index in [1.807, 2.05) is 23.5 Å². The molecule has 2 unspecified atom stereocenters. The average molecular weight is 376 g/mol. The van der Waals surface area contributed by atoms with Gasteiger partial charge in [-0.1, -0.05) is 23.7 Å². The lowest BCUT2D eigenvalue weighted by atomic mass is 9.81. The molecule has 0 radical (unpaired) electrons. The highest BCUT2D eigenvalue weighted by Crippen LogP contribution is 2.24. The van der Waals surface area contributed by atoms with Crippen LogP contribution in [0.25, 0.3) is 0 Å². The smallest absolute Gasteiger partial charge is 0.251 e. The maximum atomic E-state index is 12.5. The Bertz CT molecular complexity index is 719. The molecule has 0 spiro atoms.